The molecule has 2 heteroatoms. The van der Waals surface area contributed by atoms with Crippen molar-refractivity contribution in [2.45, 2.75) is 12.8 Å². The van der Waals surface area contributed by atoms with Crippen molar-refractivity contribution in [2.24, 2.45) is 0 Å². The van der Waals surface area contributed by atoms with Crippen LogP contribution in [0, 0.1) is 11.3 Å². The van der Waals surface area contributed by atoms with Crippen LogP contribution in [0.5, 0.6) is 0 Å². The van der Waals surface area contributed by atoms with Gasteiger partial charge in [0.15, 0.2) is 0 Å². The van der Waals surface area contributed by atoms with Gasteiger partial charge in [0.25, 0.3) is 0 Å². The van der Waals surface area contributed by atoms with Gasteiger partial charge in [-0.05, 0) is 37.1 Å². The molecule has 0 unspecified atom stereocenters. The molecule has 0 saturated heterocycles. The zero-order valence-corrected chi connectivity index (χ0v) is 11.6. The van der Waals surface area contributed by atoms with E-state index in [-0.39, 0.29) is 0 Å². The molecular formula is C19H14N2. The average Bonchev–Trinajstić information content (AvgIpc) is 2.89. The summed E-state index contributed by atoms with van der Waals surface area (Å²) in [6.45, 7) is 0. The monoisotopic (exact) mass is 270 g/mol. The van der Waals surface area contributed by atoms with Gasteiger partial charge in [-0.25, -0.2) is 0 Å². The number of aromatic nitrogens is 1. The lowest BCUT2D eigenvalue weighted by Crippen LogP contribution is -2.03. The number of nitrogens with zero attached hydrogens (tertiary/aromatic N) is 2. The maximum absolute atomic E-state index is 9.14. The molecule has 2 aromatic carbocycles. The van der Waals surface area contributed by atoms with Gasteiger partial charge in [0.1, 0.15) is 0 Å². The first kappa shape index (κ1) is 12.0. The number of rotatable bonds is 1. The second kappa shape index (κ2) is 4.64. The summed E-state index contributed by atoms with van der Waals surface area (Å²) < 4.78 is 2.30. The molecule has 0 fully saturated rings. The zero-order valence-electron chi connectivity index (χ0n) is 11.6. The number of benzene rings is 2. The van der Waals surface area contributed by atoms with Gasteiger partial charge in [-0.3, -0.25) is 0 Å². The summed E-state index contributed by atoms with van der Waals surface area (Å²) in [5.74, 6) is 0. The minimum atomic E-state index is 0.699. The third-order valence-electron chi connectivity index (χ3n) is 4.08. The van der Waals surface area contributed by atoms with Crippen LogP contribution in [0.2, 0.25) is 0 Å². The predicted molar refractivity (Wildman–Crippen MR) is 85.3 cm³/mol. The van der Waals surface area contributed by atoms with Crippen LogP contribution in [0.15, 0.2) is 54.6 Å². The lowest BCUT2D eigenvalue weighted by atomic mass is 10.0. The van der Waals surface area contributed by atoms with Crippen molar-refractivity contribution in [3.8, 4) is 11.8 Å². The summed E-state index contributed by atoms with van der Waals surface area (Å²) in [7, 11) is 0. The molecule has 100 valence electrons. The highest BCUT2D eigenvalue weighted by Crippen LogP contribution is 2.33. The molecule has 0 N–H and O–H groups in total. The van der Waals surface area contributed by atoms with Crippen molar-refractivity contribution in [1.82, 2.24) is 4.57 Å². The number of nitriles is 1. The largest absolute Gasteiger partial charge is 0.313 e. The number of para-hydroxylation sites is 1. The Morgan fingerprint density at radius 3 is 2.86 bits per heavy atom. The van der Waals surface area contributed by atoms with Gasteiger partial charge < -0.3 is 4.57 Å². The van der Waals surface area contributed by atoms with Crippen LogP contribution in [0.25, 0.3) is 22.7 Å². The van der Waals surface area contributed by atoms with Gasteiger partial charge in [-0.2, -0.15) is 5.26 Å². The van der Waals surface area contributed by atoms with Crippen molar-refractivity contribution < 1.29 is 0 Å². The van der Waals surface area contributed by atoms with Crippen molar-refractivity contribution in [1.29, 1.82) is 5.26 Å². The Hall–Kier alpha value is -2.79. The highest BCUT2D eigenvalue weighted by atomic mass is 15.0. The zero-order chi connectivity index (χ0) is 14.2. The van der Waals surface area contributed by atoms with Crippen LogP contribution >= 0.6 is 0 Å². The predicted octanol–water partition coefficient (Wildman–Crippen LogP) is 4.46. The fourth-order valence-electron chi connectivity index (χ4n) is 3.18. The molecule has 0 spiro atoms. The first-order chi connectivity index (χ1) is 10.4. The SMILES string of the molecule is N#Cc1cccc(-n2c3c(c4ccccc42)C=CCC3)c1. The van der Waals surface area contributed by atoms with Crippen molar-refractivity contribution >= 4 is 17.0 Å². The normalized spacial score (nSPS) is 13.1. The molecule has 0 radical (unpaired) electrons. The first-order valence-electron chi connectivity index (χ1n) is 7.18. The quantitative estimate of drug-likeness (QED) is 0.641. The van der Waals surface area contributed by atoms with E-state index in [0.29, 0.717) is 5.56 Å². The summed E-state index contributed by atoms with van der Waals surface area (Å²) in [5, 5.41) is 10.4. The Bertz CT molecular complexity index is 907. The van der Waals surface area contributed by atoms with E-state index in [1.54, 1.807) is 0 Å². The molecule has 2 nitrogen and oxygen atoms in total. The second-order valence-electron chi connectivity index (χ2n) is 5.32. The molecule has 0 aliphatic heterocycles. The molecule has 21 heavy (non-hydrogen) atoms. The molecule has 1 aliphatic rings. The Kier molecular flexibility index (Phi) is 2.65. The molecule has 3 aromatic rings. The molecule has 0 saturated carbocycles. The summed E-state index contributed by atoms with van der Waals surface area (Å²) in [4.78, 5) is 0. The molecule has 1 aromatic heterocycles. The maximum atomic E-state index is 9.14. The highest BCUT2D eigenvalue weighted by molar-refractivity contribution is 5.93. The molecule has 4 rings (SSSR count). The summed E-state index contributed by atoms with van der Waals surface area (Å²) >= 11 is 0. The fraction of sp³-hybridized carbons (Fsp3) is 0.105. The Morgan fingerprint density at radius 1 is 1.05 bits per heavy atom. The smallest absolute Gasteiger partial charge is 0.0992 e. The van der Waals surface area contributed by atoms with Crippen LogP contribution in [-0.4, -0.2) is 4.57 Å². The molecule has 0 atom stereocenters. The van der Waals surface area contributed by atoms with Crippen molar-refractivity contribution in [2.75, 3.05) is 0 Å². The fourth-order valence-corrected chi connectivity index (χ4v) is 3.18. The maximum Gasteiger partial charge on any atom is 0.0992 e. The minimum absolute atomic E-state index is 0.699. The van der Waals surface area contributed by atoms with Gasteiger partial charge >= 0.3 is 0 Å². The lowest BCUT2D eigenvalue weighted by molar-refractivity contribution is 0.888. The van der Waals surface area contributed by atoms with Gasteiger partial charge in [-0.15, -0.1) is 0 Å². The first-order valence-corrected chi connectivity index (χ1v) is 7.18. The third kappa shape index (κ3) is 1.79. The number of fused-ring (bicyclic) bond motifs is 3. The van der Waals surface area contributed by atoms with E-state index in [1.165, 1.54) is 22.2 Å². The summed E-state index contributed by atoms with van der Waals surface area (Å²) in [6, 6.07) is 18.6. The standard InChI is InChI=1S/C19H14N2/c20-13-14-6-5-7-15(12-14)21-18-10-3-1-8-16(18)17-9-2-4-11-19(17)21/h1-3,5-10,12H,4,11H2. The van der Waals surface area contributed by atoms with Crippen molar-refractivity contribution in [3.05, 3.63) is 71.4 Å². The summed E-state index contributed by atoms with van der Waals surface area (Å²) in [5.41, 5.74) is 5.64. The van der Waals surface area contributed by atoms with Crippen LogP contribution in [0.4, 0.5) is 0 Å². The van der Waals surface area contributed by atoms with E-state index in [2.05, 4.69) is 53.1 Å². The van der Waals surface area contributed by atoms with Gasteiger partial charge in [0, 0.05) is 22.3 Å². The van der Waals surface area contributed by atoms with E-state index in [1.807, 2.05) is 18.2 Å². The van der Waals surface area contributed by atoms with Crippen LogP contribution in [-0.2, 0) is 6.42 Å². The second-order valence-corrected chi connectivity index (χ2v) is 5.32. The molecule has 0 bridgehead atoms. The third-order valence-corrected chi connectivity index (χ3v) is 4.08. The van der Waals surface area contributed by atoms with Gasteiger partial charge in [0.2, 0.25) is 0 Å². The van der Waals surface area contributed by atoms with Crippen LogP contribution in [0.1, 0.15) is 23.2 Å². The molecule has 1 heterocycles. The van der Waals surface area contributed by atoms with E-state index < -0.39 is 0 Å². The minimum Gasteiger partial charge on any atom is -0.313 e. The number of allylic oxidation sites excluding steroid dienone is 1. The topological polar surface area (TPSA) is 28.7 Å². The van der Waals surface area contributed by atoms with E-state index in [9.17, 15) is 0 Å². The lowest BCUT2D eigenvalue weighted by Gasteiger charge is -2.13. The number of hydrogen-bond acceptors (Lipinski definition) is 1. The molecule has 1 aliphatic carbocycles. The van der Waals surface area contributed by atoms with E-state index in [0.717, 1.165) is 18.5 Å². The van der Waals surface area contributed by atoms with E-state index >= 15 is 0 Å². The highest BCUT2D eigenvalue weighted by Gasteiger charge is 2.17. The van der Waals surface area contributed by atoms with E-state index in [4.69, 9.17) is 5.26 Å². The molecular weight excluding hydrogens is 256 g/mol. The van der Waals surface area contributed by atoms with Gasteiger partial charge in [0.05, 0.1) is 17.1 Å². The van der Waals surface area contributed by atoms with Crippen molar-refractivity contribution in [3.63, 3.8) is 0 Å². The Labute approximate surface area is 123 Å². The van der Waals surface area contributed by atoms with Crippen LogP contribution < -0.4 is 0 Å². The molecule has 0 amide bonds. The van der Waals surface area contributed by atoms with Gasteiger partial charge in [-0.1, -0.05) is 36.4 Å². The number of hydrogen-bond donors (Lipinski definition) is 0. The van der Waals surface area contributed by atoms with Crippen LogP contribution in [0.3, 0.4) is 0 Å². The summed E-state index contributed by atoms with van der Waals surface area (Å²) in [6.07, 6.45) is 6.58. The average molecular weight is 270 g/mol. The Balaban J connectivity index is 2.09. The Morgan fingerprint density at radius 2 is 1.95 bits per heavy atom.